The fraction of sp³-hybridized carbons (Fsp3) is 0.846. The molecule has 2 saturated heterocycles. The minimum Gasteiger partial charge on any atom is -0.367 e. The van der Waals surface area contributed by atoms with Crippen molar-refractivity contribution in [1.29, 1.82) is 0 Å². The summed E-state index contributed by atoms with van der Waals surface area (Å²) in [5.41, 5.74) is 0. The fourth-order valence-electron chi connectivity index (χ4n) is 2.92. The average molecular weight is 266 g/mol. The summed E-state index contributed by atoms with van der Waals surface area (Å²) in [7, 11) is 0. The molecule has 2 aliphatic heterocycles. The molecule has 3 rings (SSSR count). The normalized spacial score (nSPS) is 29.5. The second kappa shape index (κ2) is 5.98. The lowest BCUT2D eigenvalue weighted by Gasteiger charge is -2.35. The van der Waals surface area contributed by atoms with Crippen molar-refractivity contribution in [2.24, 2.45) is 5.92 Å². The van der Waals surface area contributed by atoms with Gasteiger partial charge in [0, 0.05) is 26.6 Å². The third kappa shape index (κ3) is 3.32. The summed E-state index contributed by atoms with van der Waals surface area (Å²) in [6, 6.07) is 0. The van der Waals surface area contributed by atoms with Crippen LogP contribution >= 0.6 is 0 Å². The summed E-state index contributed by atoms with van der Waals surface area (Å²) in [6.45, 7) is 7.89. The molecular weight excluding hydrogens is 244 g/mol. The molecule has 0 radical (unpaired) electrons. The maximum Gasteiger partial charge on any atom is 0.223 e. The van der Waals surface area contributed by atoms with Crippen LogP contribution in [0.4, 0.5) is 0 Å². The van der Waals surface area contributed by atoms with E-state index in [0.29, 0.717) is 11.7 Å². The van der Waals surface area contributed by atoms with Crippen LogP contribution in [0.15, 0.2) is 4.52 Å². The van der Waals surface area contributed by atoms with Crippen molar-refractivity contribution in [2.75, 3.05) is 39.3 Å². The van der Waals surface area contributed by atoms with Gasteiger partial charge >= 0.3 is 0 Å². The molecule has 3 heterocycles. The van der Waals surface area contributed by atoms with Crippen LogP contribution in [0, 0.1) is 12.8 Å². The van der Waals surface area contributed by atoms with Crippen LogP contribution in [-0.2, 0) is 4.74 Å². The molecule has 2 unspecified atom stereocenters. The molecule has 0 saturated carbocycles. The molecule has 1 aromatic heterocycles. The largest absolute Gasteiger partial charge is 0.367 e. The van der Waals surface area contributed by atoms with Crippen LogP contribution in [0.1, 0.15) is 30.7 Å². The van der Waals surface area contributed by atoms with Gasteiger partial charge in [-0.15, -0.1) is 0 Å². The van der Waals surface area contributed by atoms with Crippen molar-refractivity contribution in [1.82, 2.24) is 20.4 Å². The van der Waals surface area contributed by atoms with Gasteiger partial charge in [-0.2, -0.15) is 4.98 Å². The minimum absolute atomic E-state index is 0.0391. The summed E-state index contributed by atoms with van der Waals surface area (Å²) < 4.78 is 10.8. The molecule has 2 fully saturated rings. The first kappa shape index (κ1) is 13.0. The molecule has 0 spiro atoms. The molecule has 19 heavy (non-hydrogen) atoms. The molecular formula is C13H22N4O2. The molecule has 2 aliphatic rings. The molecule has 1 aromatic rings. The van der Waals surface area contributed by atoms with Gasteiger partial charge in [0.2, 0.25) is 11.7 Å². The van der Waals surface area contributed by atoms with Crippen molar-refractivity contribution < 1.29 is 9.26 Å². The zero-order chi connectivity index (χ0) is 13.1. The Hall–Kier alpha value is -0.980. The number of aromatic nitrogens is 2. The van der Waals surface area contributed by atoms with Gasteiger partial charge in [0.15, 0.2) is 0 Å². The maximum atomic E-state index is 5.75. The number of aryl methyl sites for hydroxylation is 1. The van der Waals surface area contributed by atoms with Gasteiger partial charge in [-0.3, -0.25) is 4.90 Å². The van der Waals surface area contributed by atoms with Gasteiger partial charge in [-0.05, 0) is 31.8 Å². The smallest absolute Gasteiger partial charge is 0.223 e. The Morgan fingerprint density at radius 3 is 3.16 bits per heavy atom. The monoisotopic (exact) mass is 266 g/mol. The predicted molar refractivity (Wildman–Crippen MR) is 69.8 cm³/mol. The van der Waals surface area contributed by atoms with Crippen LogP contribution in [-0.4, -0.2) is 54.4 Å². The van der Waals surface area contributed by atoms with Crippen LogP contribution in [0.25, 0.3) is 0 Å². The Morgan fingerprint density at radius 1 is 1.47 bits per heavy atom. The molecule has 106 valence electrons. The Labute approximate surface area is 113 Å². The highest BCUT2D eigenvalue weighted by Crippen LogP contribution is 2.21. The summed E-state index contributed by atoms with van der Waals surface area (Å²) >= 11 is 0. The number of ether oxygens (including phenoxy) is 1. The molecule has 2 atom stereocenters. The number of rotatable bonds is 3. The first-order valence-electron chi connectivity index (χ1n) is 7.16. The Balaban J connectivity index is 1.55. The highest BCUT2D eigenvalue weighted by atomic mass is 16.5. The fourth-order valence-corrected chi connectivity index (χ4v) is 2.92. The van der Waals surface area contributed by atoms with Crippen molar-refractivity contribution in [3.05, 3.63) is 11.7 Å². The van der Waals surface area contributed by atoms with Crippen LogP contribution < -0.4 is 5.32 Å². The van der Waals surface area contributed by atoms with E-state index in [0.717, 1.165) is 38.7 Å². The van der Waals surface area contributed by atoms with Crippen molar-refractivity contribution in [3.63, 3.8) is 0 Å². The third-order valence-corrected chi connectivity index (χ3v) is 3.90. The van der Waals surface area contributed by atoms with E-state index in [-0.39, 0.29) is 6.10 Å². The van der Waals surface area contributed by atoms with Crippen molar-refractivity contribution in [3.8, 4) is 0 Å². The number of morpholine rings is 1. The Morgan fingerprint density at radius 2 is 2.42 bits per heavy atom. The van der Waals surface area contributed by atoms with Crippen LogP contribution in [0.2, 0.25) is 0 Å². The summed E-state index contributed by atoms with van der Waals surface area (Å²) in [5.74, 6) is 2.05. The molecule has 6 heteroatoms. The van der Waals surface area contributed by atoms with Gasteiger partial charge in [0.25, 0.3) is 0 Å². The zero-order valence-electron chi connectivity index (χ0n) is 11.5. The van der Waals surface area contributed by atoms with E-state index in [1.165, 1.54) is 19.4 Å². The quantitative estimate of drug-likeness (QED) is 0.871. The lowest BCUT2D eigenvalue weighted by molar-refractivity contribution is -0.0403. The van der Waals surface area contributed by atoms with Gasteiger partial charge in [0.1, 0.15) is 6.10 Å². The highest BCUT2D eigenvalue weighted by Gasteiger charge is 2.27. The van der Waals surface area contributed by atoms with E-state index >= 15 is 0 Å². The van der Waals surface area contributed by atoms with E-state index in [9.17, 15) is 0 Å². The van der Waals surface area contributed by atoms with Gasteiger partial charge < -0.3 is 14.6 Å². The summed E-state index contributed by atoms with van der Waals surface area (Å²) in [4.78, 5) is 6.74. The second-order valence-corrected chi connectivity index (χ2v) is 5.50. The number of hydrogen-bond acceptors (Lipinski definition) is 6. The van der Waals surface area contributed by atoms with E-state index in [2.05, 4.69) is 20.4 Å². The number of piperidine rings is 1. The summed E-state index contributed by atoms with van der Waals surface area (Å²) in [5, 5.41) is 7.44. The molecule has 0 amide bonds. The number of nitrogens with one attached hydrogen (secondary N) is 1. The number of nitrogens with zero attached hydrogens (tertiary/aromatic N) is 3. The molecule has 0 bridgehead atoms. The van der Waals surface area contributed by atoms with Crippen molar-refractivity contribution in [2.45, 2.75) is 25.9 Å². The molecule has 6 nitrogen and oxygen atoms in total. The maximum absolute atomic E-state index is 5.75. The van der Waals surface area contributed by atoms with E-state index in [1.54, 1.807) is 0 Å². The SMILES string of the molecule is Cc1nc(C2CN(CC3CCCNC3)CCO2)no1. The van der Waals surface area contributed by atoms with E-state index in [1.807, 2.05) is 6.92 Å². The Kier molecular flexibility index (Phi) is 4.10. The van der Waals surface area contributed by atoms with Crippen LogP contribution in [0.3, 0.4) is 0 Å². The van der Waals surface area contributed by atoms with E-state index < -0.39 is 0 Å². The lowest BCUT2D eigenvalue weighted by atomic mass is 9.99. The first-order valence-corrected chi connectivity index (χ1v) is 7.16. The number of hydrogen-bond donors (Lipinski definition) is 1. The molecule has 0 aromatic carbocycles. The topological polar surface area (TPSA) is 63.4 Å². The van der Waals surface area contributed by atoms with Crippen LogP contribution in [0.5, 0.6) is 0 Å². The lowest BCUT2D eigenvalue weighted by Crippen LogP contribution is -2.44. The standard InChI is InChI=1S/C13H22N4O2/c1-10-15-13(16-19-10)12-9-17(5-6-18-12)8-11-3-2-4-14-7-11/h11-12,14H,2-9H2,1H3. The Bertz CT molecular complexity index is 403. The molecule has 1 N–H and O–H groups in total. The highest BCUT2D eigenvalue weighted by molar-refractivity contribution is 4.93. The van der Waals surface area contributed by atoms with Crippen molar-refractivity contribution >= 4 is 0 Å². The van der Waals surface area contributed by atoms with Gasteiger partial charge in [-0.1, -0.05) is 5.16 Å². The van der Waals surface area contributed by atoms with Gasteiger partial charge in [-0.25, -0.2) is 0 Å². The average Bonchev–Trinajstić information content (AvgIpc) is 2.87. The minimum atomic E-state index is -0.0391. The summed E-state index contributed by atoms with van der Waals surface area (Å²) in [6.07, 6.45) is 2.58. The van der Waals surface area contributed by atoms with Gasteiger partial charge in [0.05, 0.1) is 6.61 Å². The predicted octanol–water partition coefficient (Wildman–Crippen LogP) is 0.751. The molecule has 0 aliphatic carbocycles. The first-order chi connectivity index (χ1) is 9.31. The second-order valence-electron chi connectivity index (χ2n) is 5.50. The zero-order valence-corrected chi connectivity index (χ0v) is 11.5. The van der Waals surface area contributed by atoms with E-state index in [4.69, 9.17) is 9.26 Å². The third-order valence-electron chi connectivity index (χ3n) is 3.90.